The molecule has 4 heterocycles. The average molecular weight is 741 g/mol. The minimum atomic E-state index is -2.09. The third-order valence-corrected chi connectivity index (χ3v) is 9.66. The maximum atomic E-state index is 14.3. The summed E-state index contributed by atoms with van der Waals surface area (Å²) in [4.78, 5) is 82.6. The van der Waals surface area contributed by atoms with Crippen molar-refractivity contribution < 1.29 is 48.8 Å². The fourth-order valence-electron chi connectivity index (χ4n) is 6.01. The molecule has 5 amide bonds. The quantitative estimate of drug-likeness (QED) is 0.0775. The molecular weight excluding hydrogens is 692 g/mol. The molecule has 8 N–H and O–H groups in total. The SMILES string of the molecule is CC[C@H](C)/C=C/C=C/C[C@@H]1NC(=O)[C@H]2C[C@@H](O)CNN2C(=O)COC(=O)[C@](C)(CO)NC(=O)[C@@H]2C[C@H](O)CNN2C(=O)[C@H]2C[C@H](Cl)CNN2C1=O. The molecule has 4 fully saturated rings. The summed E-state index contributed by atoms with van der Waals surface area (Å²) in [5.41, 5.74) is 6.17. The summed E-state index contributed by atoms with van der Waals surface area (Å²) in [5, 5.41) is 38.3. The Bertz CT molecular complexity index is 1390. The molecule has 0 spiro atoms. The van der Waals surface area contributed by atoms with Crippen molar-refractivity contribution in [2.75, 3.05) is 32.8 Å². The predicted octanol–water partition coefficient (Wildman–Crippen LogP) is -2.91. The van der Waals surface area contributed by atoms with Crippen LogP contribution in [0.4, 0.5) is 0 Å². The molecule has 4 aliphatic heterocycles. The molecule has 19 heteroatoms. The molecule has 284 valence electrons. The van der Waals surface area contributed by atoms with Crippen LogP contribution >= 0.6 is 11.6 Å². The van der Waals surface area contributed by atoms with E-state index in [1.165, 1.54) is 0 Å². The molecule has 51 heavy (non-hydrogen) atoms. The number of rotatable bonds is 6. The molecule has 4 rings (SSSR count). The number of β-amino-alcohol motifs (C(OH)–C–C–N with tert-alkyl or cyclic N) is 2. The Hall–Kier alpha value is -3.65. The number of nitrogens with one attached hydrogen (secondary N) is 5. The van der Waals surface area contributed by atoms with Gasteiger partial charge in [-0.05, 0) is 25.7 Å². The van der Waals surface area contributed by atoms with E-state index >= 15 is 0 Å². The first-order chi connectivity index (χ1) is 24.2. The van der Waals surface area contributed by atoms with Crippen LogP contribution in [0.3, 0.4) is 0 Å². The van der Waals surface area contributed by atoms with Gasteiger partial charge in [-0.1, -0.05) is 44.6 Å². The molecule has 9 atom stereocenters. The zero-order valence-corrected chi connectivity index (χ0v) is 29.7. The van der Waals surface area contributed by atoms with Gasteiger partial charge in [-0.3, -0.25) is 39.0 Å². The fourth-order valence-corrected chi connectivity index (χ4v) is 6.25. The van der Waals surface area contributed by atoms with Crippen LogP contribution in [-0.4, -0.2) is 146 Å². The van der Waals surface area contributed by atoms with Gasteiger partial charge in [-0.25, -0.2) is 21.1 Å². The normalized spacial score (nSPS) is 34.3. The molecule has 4 aliphatic rings. The maximum Gasteiger partial charge on any atom is 0.334 e. The van der Waals surface area contributed by atoms with Crippen LogP contribution in [-0.2, 0) is 33.5 Å². The molecule has 0 aromatic carbocycles. The van der Waals surface area contributed by atoms with Crippen LogP contribution in [0, 0.1) is 5.92 Å². The second-order valence-electron chi connectivity index (χ2n) is 13.5. The molecular formula is C32H49ClN8O10. The topological polar surface area (TPSA) is 242 Å². The number of carbonyl (C=O) groups is 6. The summed E-state index contributed by atoms with van der Waals surface area (Å²) in [7, 11) is 0. The monoisotopic (exact) mass is 740 g/mol. The van der Waals surface area contributed by atoms with E-state index in [4.69, 9.17) is 16.3 Å². The Morgan fingerprint density at radius 2 is 1.49 bits per heavy atom. The zero-order valence-electron chi connectivity index (χ0n) is 28.9. The second-order valence-corrected chi connectivity index (χ2v) is 14.1. The largest absolute Gasteiger partial charge is 0.454 e. The summed E-state index contributed by atoms with van der Waals surface area (Å²) in [6.45, 7) is 3.20. The number of fused-ring (bicyclic) bond motifs is 3. The van der Waals surface area contributed by atoms with Crippen molar-refractivity contribution in [1.82, 2.24) is 41.9 Å². The van der Waals surface area contributed by atoms with Crippen molar-refractivity contribution in [1.29, 1.82) is 0 Å². The van der Waals surface area contributed by atoms with Crippen molar-refractivity contribution in [2.24, 2.45) is 5.92 Å². The average Bonchev–Trinajstić information content (AvgIpc) is 3.11. The first-order valence-electron chi connectivity index (χ1n) is 17.1. The first-order valence-corrected chi connectivity index (χ1v) is 17.5. The predicted molar refractivity (Wildman–Crippen MR) is 180 cm³/mol. The summed E-state index contributed by atoms with van der Waals surface area (Å²) in [6.07, 6.45) is 5.40. The smallest absolute Gasteiger partial charge is 0.334 e. The Morgan fingerprint density at radius 1 is 0.882 bits per heavy atom. The number of carbonyl (C=O) groups excluding carboxylic acids is 6. The van der Waals surface area contributed by atoms with Crippen LogP contribution < -0.4 is 26.9 Å². The highest BCUT2D eigenvalue weighted by atomic mass is 35.5. The minimum Gasteiger partial charge on any atom is -0.454 e. The van der Waals surface area contributed by atoms with E-state index in [1.807, 2.05) is 26.0 Å². The molecule has 0 saturated carbocycles. The standard InChI is InChI=1S/C32H49ClN8O10/c1-4-18(2)8-6-5-7-9-22-29(48)41-25(10-19(33)13-34-41)30(49)40-24(12-21(44)15-36-40)28(47)38-32(3,17-42)31(50)51-16-26(45)39-23(27(46)37-22)11-20(43)14-35-39/h5-8,18-25,34-36,42-44H,4,9-17H2,1-3H3,(H,37,46)(H,38,47)/b7-5+,8-6+/t18-,19-,20+,21-,22-,23+,24-,25+,32-/m0/s1. The van der Waals surface area contributed by atoms with Gasteiger partial charge in [-0.2, -0.15) is 0 Å². The van der Waals surface area contributed by atoms with Crippen molar-refractivity contribution >= 4 is 47.1 Å². The van der Waals surface area contributed by atoms with E-state index in [0.717, 1.165) is 28.4 Å². The van der Waals surface area contributed by atoms with Crippen LogP contribution in [0.2, 0.25) is 0 Å². The first kappa shape index (κ1) is 40.1. The number of alkyl halides is 1. The number of amides is 5. The van der Waals surface area contributed by atoms with E-state index in [9.17, 15) is 44.1 Å². The van der Waals surface area contributed by atoms with E-state index < -0.39 is 96.0 Å². The zero-order chi connectivity index (χ0) is 37.5. The van der Waals surface area contributed by atoms with Crippen LogP contribution in [0.5, 0.6) is 0 Å². The van der Waals surface area contributed by atoms with Gasteiger partial charge in [-0.15, -0.1) is 11.6 Å². The van der Waals surface area contributed by atoms with Gasteiger partial charge in [0.2, 0.25) is 11.8 Å². The van der Waals surface area contributed by atoms with Gasteiger partial charge in [0.05, 0.1) is 24.2 Å². The third kappa shape index (κ3) is 9.82. The third-order valence-electron chi connectivity index (χ3n) is 9.33. The number of hydrogen-bond acceptors (Lipinski definition) is 13. The lowest BCUT2D eigenvalue weighted by Crippen LogP contribution is -2.71. The van der Waals surface area contributed by atoms with Crippen LogP contribution in [0.15, 0.2) is 24.3 Å². The summed E-state index contributed by atoms with van der Waals surface area (Å²) >= 11 is 6.47. The summed E-state index contributed by atoms with van der Waals surface area (Å²) in [6, 6.07) is -5.36. The van der Waals surface area contributed by atoms with Crippen molar-refractivity contribution in [3.05, 3.63) is 24.3 Å². The lowest BCUT2D eigenvalue weighted by molar-refractivity contribution is -0.167. The number of esters is 1. The number of allylic oxidation sites excluding steroid dienone is 3. The number of cyclic esters (lactones) is 1. The van der Waals surface area contributed by atoms with Gasteiger partial charge < -0.3 is 30.7 Å². The van der Waals surface area contributed by atoms with Gasteiger partial charge in [0, 0.05) is 32.5 Å². The Labute approximate surface area is 300 Å². The molecule has 0 unspecified atom stereocenters. The molecule has 18 nitrogen and oxygen atoms in total. The molecule has 0 bridgehead atoms. The molecule has 0 aliphatic carbocycles. The van der Waals surface area contributed by atoms with Crippen LogP contribution in [0.1, 0.15) is 52.9 Å². The van der Waals surface area contributed by atoms with E-state index in [0.29, 0.717) is 5.92 Å². The highest BCUT2D eigenvalue weighted by Crippen LogP contribution is 2.23. The molecule has 0 aromatic heterocycles. The van der Waals surface area contributed by atoms with Gasteiger partial charge in [0.25, 0.3) is 17.7 Å². The number of aliphatic hydroxyl groups is 3. The van der Waals surface area contributed by atoms with Gasteiger partial charge in [0.1, 0.15) is 24.2 Å². The number of nitrogens with zero attached hydrogens (tertiary/aromatic N) is 3. The molecule has 0 aromatic rings. The number of hydrogen-bond donors (Lipinski definition) is 8. The lowest BCUT2D eigenvalue weighted by atomic mass is 9.98. The van der Waals surface area contributed by atoms with E-state index in [-0.39, 0.29) is 45.3 Å². The Morgan fingerprint density at radius 3 is 2.14 bits per heavy atom. The molecule has 0 radical (unpaired) electrons. The number of aliphatic hydroxyl groups excluding tert-OH is 3. The Kier molecular flexibility index (Phi) is 13.9. The Balaban J connectivity index is 1.76. The number of hydrazine groups is 3. The minimum absolute atomic E-state index is 0.0357. The van der Waals surface area contributed by atoms with Crippen molar-refractivity contribution in [2.45, 2.75) is 100 Å². The van der Waals surface area contributed by atoms with Gasteiger partial charge >= 0.3 is 5.97 Å². The van der Waals surface area contributed by atoms with Crippen LogP contribution in [0.25, 0.3) is 0 Å². The molecule has 4 saturated heterocycles. The number of halogens is 1. The highest BCUT2D eigenvalue weighted by molar-refractivity contribution is 6.21. The van der Waals surface area contributed by atoms with Gasteiger partial charge in [0.15, 0.2) is 12.1 Å². The highest BCUT2D eigenvalue weighted by Gasteiger charge is 2.48. The lowest BCUT2D eigenvalue weighted by Gasteiger charge is -2.44. The van der Waals surface area contributed by atoms with E-state index in [1.54, 1.807) is 12.2 Å². The van der Waals surface area contributed by atoms with E-state index in [2.05, 4.69) is 26.9 Å². The van der Waals surface area contributed by atoms with Crippen molar-refractivity contribution in [3.8, 4) is 0 Å². The van der Waals surface area contributed by atoms with Crippen molar-refractivity contribution in [3.63, 3.8) is 0 Å². The summed E-state index contributed by atoms with van der Waals surface area (Å²) in [5.74, 6) is -5.00. The number of ether oxygens (including phenoxy) is 1. The second kappa shape index (κ2) is 17.7. The fraction of sp³-hybridized carbons (Fsp3) is 0.688. The maximum absolute atomic E-state index is 14.3. The summed E-state index contributed by atoms with van der Waals surface area (Å²) < 4.78 is 5.18.